The summed E-state index contributed by atoms with van der Waals surface area (Å²) in [6.45, 7) is 4.20. The number of nitrogens with zero attached hydrogens (tertiary/aromatic N) is 4. The molecule has 1 amide bonds. The number of nitrogens with one attached hydrogen (secondary N) is 1. The molecule has 0 spiro atoms. The third kappa shape index (κ3) is 4.70. The summed E-state index contributed by atoms with van der Waals surface area (Å²) in [5.41, 5.74) is 2.08. The molecular weight excluding hydrogens is 469 g/mol. The van der Waals surface area contributed by atoms with Crippen LogP contribution in [-0.4, -0.2) is 59.1 Å². The van der Waals surface area contributed by atoms with Crippen molar-refractivity contribution in [2.75, 3.05) is 48.5 Å². The van der Waals surface area contributed by atoms with E-state index in [2.05, 4.69) is 5.32 Å². The van der Waals surface area contributed by atoms with Crippen LogP contribution in [-0.2, 0) is 20.9 Å². The van der Waals surface area contributed by atoms with E-state index < -0.39 is 17.4 Å². The zero-order valence-corrected chi connectivity index (χ0v) is 20.3. The third-order valence-corrected chi connectivity index (χ3v) is 7.63. The number of hydrogen-bond acceptors (Lipinski definition) is 7. The highest BCUT2D eigenvalue weighted by Gasteiger charge is 2.36. The molecule has 0 aliphatic carbocycles. The van der Waals surface area contributed by atoms with E-state index >= 15 is 0 Å². The first-order chi connectivity index (χ1) is 16.9. The number of pyridine rings is 1. The zero-order chi connectivity index (χ0) is 24.5. The van der Waals surface area contributed by atoms with E-state index in [0.29, 0.717) is 54.2 Å². The van der Waals surface area contributed by atoms with Crippen molar-refractivity contribution < 1.29 is 18.5 Å². The highest BCUT2D eigenvalue weighted by atomic mass is 32.2. The molecule has 0 radical (unpaired) electrons. The van der Waals surface area contributed by atoms with Gasteiger partial charge in [0.05, 0.1) is 43.4 Å². The number of aromatic nitrogens is 1. The number of carbonyl (C=O) groups is 1. The van der Waals surface area contributed by atoms with E-state index in [4.69, 9.17) is 9.72 Å². The molecule has 0 saturated carbocycles. The van der Waals surface area contributed by atoms with Gasteiger partial charge in [-0.05, 0) is 55.5 Å². The van der Waals surface area contributed by atoms with Crippen LogP contribution in [0.1, 0.15) is 6.92 Å². The number of anilines is 5. The quantitative estimate of drug-likeness (QED) is 0.539. The van der Waals surface area contributed by atoms with Gasteiger partial charge < -0.3 is 24.4 Å². The molecule has 2 atom stereocenters. The molecule has 8 nitrogen and oxygen atoms in total. The molecule has 2 aromatic carbocycles. The van der Waals surface area contributed by atoms with Crippen LogP contribution in [0.15, 0.2) is 65.6 Å². The lowest BCUT2D eigenvalue weighted by Crippen LogP contribution is -2.49. The second kappa shape index (κ2) is 9.82. The summed E-state index contributed by atoms with van der Waals surface area (Å²) in [4.78, 5) is 21.8. The summed E-state index contributed by atoms with van der Waals surface area (Å²) in [5.74, 6) is 0.729. The smallest absolute Gasteiger partial charge is 0.249 e. The number of amides is 1. The fraction of sp³-hybridized carbons (Fsp3) is 0.280. The first kappa shape index (κ1) is 23.6. The van der Waals surface area contributed by atoms with E-state index in [-0.39, 0.29) is 11.7 Å². The van der Waals surface area contributed by atoms with Crippen LogP contribution in [0.25, 0.3) is 0 Å². The molecule has 3 heterocycles. The summed E-state index contributed by atoms with van der Waals surface area (Å²) in [6.07, 6.45) is 0. The van der Waals surface area contributed by atoms with Crippen molar-refractivity contribution in [3.05, 3.63) is 66.5 Å². The number of carbonyl (C=O) groups excluding carboxylic acids is 1. The van der Waals surface area contributed by atoms with Crippen molar-refractivity contribution in [3.8, 4) is 0 Å². The largest absolute Gasteiger partial charge is 0.593 e. The first-order valence-corrected chi connectivity index (χ1v) is 12.5. The Kier molecular flexibility index (Phi) is 6.61. The number of morpholine rings is 1. The Morgan fingerprint density at radius 1 is 1.11 bits per heavy atom. The van der Waals surface area contributed by atoms with Gasteiger partial charge >= 0.3 is 0 Å². The Morgan fingerprint density at radius 3 is 2.60 bits per heavy atom. The Labute approximate surface area is 206 Å². The molecule has 5 rings (SSSR count). The molecule has 2 aliphatic rings. The Balaban J connectivity index is 1.45. The molecule has 3 aromatic rings. The lowest BCUT2D eigenvalue weighted by Gasteiger charge is -2.39. The maximum atomic E-state index is 13.6. The summed E-state index contributed by atoms with van der Waals surface area (Å²) >= 11 is -1.28. The number of halogens is 1. The molecule has 0 bridgehead atoms. The van der Waals surface area contributed by atoms with Crippen LogP contribution in [0.2, 0.25) is 0 Å². The van der Waals surface area contributed by atoms with Gasteiger partial charge in [0.2, 0.25) is 5.91 Å². The van der Waals surface area contributed by atoms with Gasteiger partial charge in [-0.15, -0.1) is 4.31 Å². The molecule has 1 N–H and O–H groups in total. The summed E-state index contributed by atoms with van der Waals surface area (Å²) in [6, 6.07) is 16.6. The van der Waals surface area contributed by atoms with Crippen LogP contribution in [0.4, 0.5) is 33.1 Å². The fourth-order valence-corrected chi connectivity index (χ4v) is 5.48. The maximum Gasteiger partial charge on any atom is 0.249 e. The van der Waals surface area contributed by atoms with Gasteiger partial charge in [-0.3, -0.25) is 4.79 Å². The van der Waals surface area contributed by atoms with Gasteiger partial charge in [0.15, 0.2) is 10.7 Å². The molecule has 1 saturated heterocycles. The molecule has 2 aliphatic heterocycles. The molecule has 35 heavy (non-hydrogen) atoms. The first-order valence-electron chi connectivity index (χ1n) is 11.4. The highest BCUT2D eigenvalue weighted by molar-refractivity contribution is 7.89. The van der Waals surface area contributed by atoms with Gasteiger partial charge in [-0.25, -0.2) is 9.37 Å². The van der Waals surface area contributed by atoms with Gasteiger partial charge in [-0.2, -0.15) is 0 Å². The molecule has 1 fully saturated rings. The number of ether oxygens (including phenoxy) is 1. The van der Waals surface area contributed by atoms with E-state index in [1.54, 1.807) is 37.1 Å². The van der Waals surface area contributed by atoms with Crippen LogP contribution >= 0.6 is 0 Å². The molecular formula is C25H26FN5O3S. The Bertz CT molecular complexity index is 1220. The second-order valence-electron chi connectivity index (χ2n) is 8.40. The van der Waals surface area contributed by atoms with Gasteiger partial charge in [0, 0.05) is 24.5 Å². The van der Waals surface area contributed by atoms with Gasteiger partial charge in [0.25, 0.3) is 0 Å². The van der Waals surface area contributed by atoms with E-state index in [9.17, 15) is 13.7 Å². The number of hydrogen-bond donors (Lipinski definition) is 1. The second-order valence-corrected chi connectivity index (χ2v) is 9.89. The Morgan fingerprint density at radius 2 is 1.86 bits per heavy atom. The Hall–Kier alpha value is -3.18. The SMILES string of the molecule is CC1C(=O)N(C)c2ccc(Nc3cccc([S+]([O-])N4CCOCC4)c3)nc2N1c1ccc(F)cc1. The van der Waals surface area contributed by atoms with Crippen molar-refractivity contribution >= 4 is 46.0 Å². The highest BCUT2D eigenvalue weighted by Crippen LogP contribution is 2.40. The predicted molar refractivity (Wildman–Crippen MR) is 134 cm³/mol. The summed E-state index contributed by atoms with van der Waals surface area (Å²) in [7, 11) is 1.72. The van der Waals surface area contributed by atoms with Crippen LogP contribution in [0, 0.1) is 5.82 Å². The normalized spacial score (nSPS) is 19.4. The topological polar surface area (TPSA) is 84.0 Å². The number of benzene rings is 2. The predicted octanol–water partition coefficient (Wildman–Crippen LogP) is 3.82. The number of fused-ring (bicyclic) bond motifs is 1. The van der Waals surface area contributed by atoms with Crippen molar-refractivity contribution in [3.63, 3.8) is 0 Å². The van der Waals surface area contributed by atoms with Crippen LogP contribution < -0.4 is 15.1 Å². The monoisotopic (exact) mass is 495 g/mol. The molecule has 182 valence electrons. The number of likely N-dealkylation sites (N-methyl/N-ethyl adjacent to an activating group) is 1. The van der Waals surface area contributed by atoms with E-state index in [0.717, 1.165) is 5.69 Å². The minimum absolute atomic E-state index is 0.0809. The van der Waals surface area contributed by atoms with Gasteiger partial charge in [-0.1, -0.05) is 6.07 Å². The average molecular weight is 496 g/mol. The van der Waals surface area contributed by atoms with E-state index in [1.807, 2.05) is 39.5 Å². The van der Waals surface area contributed by atoms with Gasteiger partial charge in [0.1, 0.15) is 17.7 Å². The van der Waals surface area contributed by atoms with Crippen LogP contribution in [0.5, 0.6) is 0 Å². The maximum absolute atomic E-state index is 13.6. The average Bonchev–Trinajstić information content (AvgIpc) is 2.89. The van der Waals surface area contributed by atoms with Crippen molar-refractivity contribution in [2.45, 2.75) is 17.9 Å². The molecule has 10 heteroatoms. The lowest BCUT2D eigenvalue weighted by atomic mass is 10.1. The standard InChI is InChI=1S/C25H26FN5O3S/c1-17-25(32)29(2)22-10-11-23(28-24(22)31(17)20-8-6-18(26)7-9-20)27-19-4-3-5-21(16-19)35(33)30-12-14-34-15-13-30/h3-11,16-17H,12-15H2,1-2H3,(H,27,28). The number of rotatable bonds is 5. The summed E-state index contributed by atoms with van der Waals surface area (Å²) < 4.78 is 33.8. The lowest BCUT2D eigenvalue weighted by molar-refractivity contribution is -0.119. The zero-order valence-electron chi connectivity index (χ0n) is 19.5. The minimum atomic E-state index is -1.28. The molecule has 2 unspecified atom stereocenters. The van der Waals surface area contributed by atoms with Crippen LogP contribution in [0.3, 0.4) is 0 Å². The van der Waals surface area contributed by atoms with Crippen molar-refractivity contribution in [1.82, 2.24) is 9.29 Å². The minimum Gasteiger partial charge on any atom is -0.593 e. The van der Waals surface area contributed by atoms with E-state index in [1.165, 1.54) is 12.1 Å². The summed E-state index contributed by atoms with van der Waals surface area (Å²) in [5, 5.41) is 3.30. The van der Waals surface area contributed by atoms with Crippen molar-refractivity contribution in [1.29, 1.82) is 0 Å². The fourth-order valence-electron chi connectivity index (χ4n) is 4.28. The van der Waals surface area contributed by atoms with Crippen molar-refractivity contribution in [2.24, 2.45) is 0 Å². The molecule has 1 aromatic heterocycles. The third-order valence-electron chi connectivity index (χ3n) is 6.14.